The average molecular weight is 334 g/mol. The number of aromatic nitrogens is 3. The van der Waals surface area contributed by atoms with Gasteiger partial charge < -0.3 is 4.90 Å². The zero-order valence-corrected chi connectivity index (χ0v) is 14.4. The second-order valence-electron chi connectivity index (χ2n) is 6.87. The van der Waals surface area contributed by atoms with Crippen molar-refractivity contribution in [3.05, 3.63) is 59.5 Å². The number of piperidine rings is 1. The van der Waals surface area contributed by atoms with Crippen LogP contribution in [0.3, 0.4) is 0 Å². The molecule has 1 N–H and O–H groups in total. The molecule has 1 saturated heterocycles. The van der Waals surface area contributed by atoms with Gasteiger partial charge in [0.2, 0.25) is 0 Å². The van der Waals surface area contributed by atoms with Crippen LogP contribution < -0.4 is 0 Å². The van der Waals surface area contributed by atoms with Gasteiger partial charge in [-0.15, -0.1) is 0 Å². The highest BCUT2D eigenvalue weighted by Gasteiger charge is 2.26. The van der Waals surface area contributed by atoms with E-state index in [0.29, 0.717) is 5.92 Å². The number of rotatable bonds is 3. The van der Waals surface area contributed by atoms with Gasteiger partial charge in [-0.05, 0) is 55.9 Å². The molecule has 0 aliphatic carbocycles. The highest BCUT2D eigenvalue weighted by atomic mass is 16.2. The summed E-state index contributed by atoms with van der Waals surface area (Å²) in [5, 5.41) is 8.13. The molecule has 0 spiro atoms. The molecule has 3 aromatic rings. The van der Waals surface area contributed by atoms with E-state index < -0.39 is 0 Å². The third kappa shape index (κ3) is 3.14. The van der Waals surface area contributed by atoms with E-state index in [0.717, 1.165) is 48.8 Å². The van der Waals surface area contributed by atoms with Gasteiger partial charge in [0.25, 0.3) is 5.91 Å². The number of amides is 1. The van der Waals surface area contributed by atoms with Crippen LogP contribution in [0.4, 0.5) is 0 Å². The number of H-pyrrole nitrogens is 1. The largest absolute Gasteiger partial charge is 0.338 e. The summed E-state index contributed by atoms with van der Waals surface area (Å²) in [6.07, 6.45) is 6.78. The maximum Gasteiger partial charge on any atom is 0.254 e. The zero-order valence-electron chi connectivity index (χ0n) is 14.4. The number of aromatic amines is 1. The van der Waals surface area contributed by atoms with Crippen molar-refractivity contribution < 1.29 is 4.79 Å². The van der Waals surface area contributed by atoms with Gasteiger partial charge >= 0.3 is 0 Å². The SMILES string of the molecule is Cc1cn[nH]c1C[C@H]1CCCN(C(=O)c2cccc3ncccc23)C1. The molecule has 0 unspecified atom stereocenters. The number of hydrogen-bond donors (Lipinski definition) is 1. The standard InChI is InChI=1S/C20H22N4O/c1-14-12-22-23-19(14)11-15-5-4-10-24(13-15)20(25)17-6-2-8-18-16(17)7-3-9-21-18/h2-3,6-9,12,15H,4-5,10-11,13H2,1H3,(H,22,23)/t15-/m1/s1. The number of carbonyl (C=O) groups excluding carboxylic acids is 1. The Morgan fingerprint density at radius 2 is 2.24 bits per heavy atom. The second-order valence-corrected chi connectivity index (χ2v) is 6.87. The molecule has 1 atom stereocenters. The number of pyridine rings is 1. The fraction of sp³-hybridized carbons (Fsp3) is 0.350. The van der Waals surface area contributed by atoms with Crippen LogP contribution in [0.2, 0.25) is 0 Å². The summed E-state index contributed by atoms with van der Waals surface area (Å²) in [4.78, 5) is 19.5. The molecular formula is C20H22N4O. The molecule has 4 rings (SSSR count). The lowest BCUT2D eigenvalue weighted by Crippen LogP contribution is -2.40. The van der Waals surface area contributed by atoms with Gasteiger partial charge in [0.05, 0.1) is 11.7 Å². The van der Waals surface area contributed by atoms with Crippen LogP contribution in [-0.4, -0.2) is 39.1 Å². The Morgan fingerprint density at radius 1 is 1.32 bits per heavy atom. The number of fused-ring (bicyclic) bond motifs is 1. The van der Waals surface area contributed by atoms with Crippen LogP contribution >= 0.6 is 0 Å². The van der Waals surface area contributed by atoms with Crippen LogP contribution in [0, 0.1) is 12.8 Å². The summed E-state index contributed by atoms with van der Waals surface area (Å²) >= 11 is 0. The van der Waals surface area contributed by atoms with Crippen molar-refractivity contribution in [2.45, 2.75) is 26.2 Å². The van der Waals surface area contributed by atoms with Gasteiger partial charge in [0, 0.05) is 35.9 Å². The Balaban J connectivity index is 1.54. The summed E-state index contributed by atoms with van der Waals surface area (Å²) in [6.45, 7) is 3.70. The minimum atomic E-state index is 0.115. The van der Waals surface area contributed by atoms with Gasteiger partial charge in [-0.3, -0.25) is 14.9 Å². The quantitative estimate of drug-likeness (QED) is 0.799. The fourth-order valence-electron chi connectivity index (χ4n) is 3.74. The average Bonchev–Trinajstić information content (AvgIpc) is 3.05. The van der Waals surface area contributed by atoms with E-state index in [2.05, 4.69) is 22.1 Å². The number of carbonyl (C=O) groups is 1. The molecule has 25 heavy (non-hydrogen) atoms. The van der Waals surface area contributed by atoms with E-state index in [1.807, 2.05) is 41.4 Å². The van der Waals surface area contributed by atoms with E-state index in [4.69, 9.17) is 0 Å². The molecule has 5 nitrogen and oxygen atoms in total. The first kappa shape index (κ1) is 15.8. The fourth-order valence-corrected chi connectivity index (χ4v) is 3.74. The van der Waals surface area contributed by atoms with Crippen molar-refractivity contribution in [1.29, 1.82) is 0 Å². The van der Waals surface area contributed by atoms with Crippen molar-refractivity contribution in [1.82, 2.24) is 20.1 Å². The smallest absolute Gasteiger partial charge is 0.254 e. The third-order valence-electron chi connectivity index (χ3n) is 5.11. The van der Waals surface area contributed by atoms with Gasteiger partial charge in [0.1, 0.15) is 0 Å². The molecule has 0 radical (unpaired) electrons. The Morgan fingerprint density at radius 3 is 3.08 bits per heavy atom. The first-order valence-corrected chi connectivity index (χ1v) is 8.84. The van der Waals surface area contributed by atoms with Crippen LogP contribution in [0.15, 0.2) is 42.7 Å². The molecule has 1 amide bonds. The molecule has 2 aromatic heterocycles. The van der Waals surface area contributed by atoms with Gasteiger partial charge in [-0.25, -0.2) is 0 Å². The van der Waals surface area contributed by atoms with Crippen molar-refractivity contribution in [3.63, 3.8) is 0 Å². The number of nitrogens with one attached hydrogen (secondary N) is 1. The number of nitrogens with zero attached hydrogens (tertiary/aromatic N) is 3. The highest BCUT2D eigenvalue weighted by molar-refractivity contribution is 6.06. The Kier molecular flexibility index (Phi) is 4.22. The minimum absolute atomic E-state index is 0.115. The molecular weight excluding hydrogens is 312 g/mol. The third-order valence-corrected chi connectivity index (χ3v) is 5.11. The van der Waals surface area contributed by atoms with Gasteiger partial charge in [-0.1, -0.05) is 12.1 Å². The summed E-state index contributed by atoms with van der Waals surface area (Å²) < 4.78 is 0. The Bertz CT molecular complexity index is 896. The second kappa shape index (κ2) is 6.67. The van der Waals surface area contributed by atoms with Gasteiger partial charge in [-0.2, -0.15) is 5.10 Å². The Labute approximate surface area is 147 Å². The zero-order chi connectivity index (χ0) is 17.2. The molecule has 1 fully saturated rings. The van der Waals surface area contributed by atoms with Crippen molar-refractivity contribution in [2.75, 3.05) is 13.1 Å². The number of likely N-dealkylation sites (tertiary alicyclic amines) is 1. The summed E-state index contributed by atoms with van der Waals surface area (Å²) in [6, 6.07) is 9.64. The molecule has 1 aliphatic rings. The van der Waals surface area contributed by atoms with Crippen molar-refractivity contribution >= 4 is 16.8 Å². The lowest BCUT2D eigenvalue weighted by Gasteiger charge is -2.33. The highest BCUT2D eigenvalue weighted by Crippen LogP contribution is 2.24. The van der Waals surface area contributed by atoms with E-state index >= 15 is 0 Å². The lowest BCUT2D eigenvalue weighted by atomic mass is 9.92. The Hall–Kier alpha value is -2.69. The van der Waals surface area contributed by atoms with Crippen molar-refractivity contribution in [2.24, 2.45) is 5.92 Å². The molecule has 128 valence electrons. The molecule has 1 aromatic carbocycles. The van der Waals surface area contributed by atoms with E-state index in [1.165, 1.54) is 11.3 Å². The van der Waals surface area contributed by atoms with Crippen LogP contribution in [0.5, 0.6) is 0 Å². The number of hydrogen-bond acceptors (Lipinski definition) is 3. The molecule has 3 heterocycles. The minimum Gasteiger partial charge on any atom is -0.338 e. The predicted octanol–water partition coefficient (Wildman–Crippen LogP) is 3.36. The topological polar surface area (TPSA) is 61.9 Å². The van der Waals surface area contributed by atoms with E-state index in [9.17, 15) is 4.79 Å². The molecule has 1 aliphatic heterocycles. The van der Waals surface area contributed by atoms with E-state index in [-0.39, 0.29) is 5.91 Å². The lowest BCUT2D eigenvalue weighted by molar-refractivity contribution is 0.0674. The summed E-state index contributed by atoms with van der Waals surface area (Å²) in [5.41, 5.74) is 4.01. The first-order chi connectivity index (χ1) is 12.2. The van der Waals surface area contributed by atoms with E-state index in [1.54, 1.807) is 6.20 Å². The molecule has 0 saturated carbocycles. The number of aryl methyl sites for hydroxylation is 1. The predicted molar refractivity (Wildman–Crippen MR) is 97.4 cm³/mol. The maximum atomic E-state index is 13.1. The van der Waals surface area contributed by atoms with Gasteiger partial charge in [0.15, 0.2) is 0 Å². The van der Waals surface area contributed by atoms with Crippen LogP contribution in [-0.2, 0) is 6.42 Å². The molecule has 0 bridgehead atoms. The monoisotopic (exact) mass is 334 g/mol. The molecule has 5 heteroatoms. The number of benzene rings is 1. The van der Waals surface area contributed by atoms with Crippen LogP contribution in [0.25, 0.3) is 10.9 Å². The maximum absolute atomic E-state index is 13.1. The summed E-state index contributed by atoms with van der Waals surface area (Å²) in [5.74, 6) is 0.592. The summed E-state index contributed by atoms with van der Waals surface area (Å²) in [7, 11) is 0. The van der Waals surface area contributed by atoms with Crippen molar-refractivity contribution in [3.8, 4) is 0 Å². The first-order valence-electron chi connectivity index (χ1n) is 8.84. The normalized spacial score (nSPS) is 17.8. The van der Waals surface area contributed by atoms with Crippen LogP contribution in [0.1, 0.15) is 34.5 Å².